The van der Waals surface area contributed by atoms with Gasteiger partial charge in [-0.2, -0.15) is 0 Å². The standard InChI is InChI=1S/C13H12N2O2S3/c1-9-5-10(15-17-9)7-20(16)8-11-6-19-13(14-11)12-3-2-4-18-12/h2-6H,7-8H2,1H3/t20-/m1/s1. The molecule has 0 aliphatic heterocycles. The largest absolute Gasteiger partial charge is 0.361 e. The Bertz CT molecular complexity index is 716. The Morgan fingerprint density at radius 2 is 2.15 bits per heavy atom. The molecule has 0 radical (unpaired) electrons. The van der Waals surface area contributed by atoms with E-state index in [1.807, 2.05) is 35.9 Å². The summed E-state index contributed by atoms with van der Waals surface area (Å²) >= 11 is 3.25. The number of thiazole rings is 1. The maximum Gasteiger partial charge on any atom is 0.133 e. The molecule has 104 valence electrons. The highest BCUT2D eigenvalue weighted by Gasteiger charge is 2.11. The molecule has 3 aromatic rings. The SMILES string of the molecule is Cc1cc(C[S@@](=O)Cc2csc(-c3cccs3)n2)no1. The van der Waals surface area contributed by atoms with Gasteiger partial charge in [-0.05, 0) is 18.4 Å². The molecule has 20 heavy (non-hydrogen) atoms. The van der Waals surface area contributed by atoms with Gasteiger partial charge in [0.15, 0.2) is 0 Å². The fraction of sp³-hybridized carbons (Fsp3) is 0.231. The molecule has 0 saturated carbocycles. The topological polar surface area (TPSA) is 56.0 Å². The predicted octanol–water partition coefficient (Wildman–Crippen LogP) is 3.62. The van der Waals surface area contributed by atoms with Crippen LogP contribution in [-0.4, -0.2) is 14.3 Å². The van der Waals surface area contributed by atoms with Gasteiger partial charge in [-0.3, -0.25) is 4.21 Å². The van der Waals surface area contributed by atoms with Crippen LogP contribution in [-0.2, 0) is 22.3 Å². The van der Waals surface area contributed by atoms with Crippen LogP contribution in [0.25, 0.3) is 9.88 Å². The van der Waals surface area contributed by atoms with Gasteiger partial charge in [0.25, 0.3) is 0 Å². The predicted molar refractivity (Wildman–Crippen MR) is 82.2 cm³/mol. The van der Waals surface area contributed by atoms with Gasteiger partial charge in [-0.1, -0.05) is 11.2 Å². The summed E-state index contributed by atoms with van der Waals surface area (Å²) in [5.41, 5.74) is 1.60. The molecule has 0 aromatic carbocycles. The first-order valence-electron chi connectivity index (χ1n) is 5.96. The monoisotopic (exact) mass is 324 g/mol. The van der Waals surface area contributed by atoms with E-state index in [1.165, 1.54) is 0 Å². The molecule has 0 saturated heterocycles. The van der Waals surface area contributed by atoms with Gasteiger partial charge in [0.1, 0.15) is 10.8 Å². The van der Waals surface area contributed by atoms with Crippen molar-refractivity contribution in [3.63, 3.8) is 0 Å². The molecule has 7 heteroatoms. The number of aryl methyl sites for hydroxylation is 1. The van der Waals surface area contributed by atoms with Gasteiger partial charge in [-0.15, -0.1) is 22.7 Å². The van der Waals surface area contributed by atoms with Crippen LogP contribution in [0.1, 0.15) is 17.1 Å². The second-order valence-electron chi connectivity index (χ2n) is 4.28. The third kappa shape index (κ3) is 3.23. The van der Waals surface area contributed by atoms with Crippen molar-refractivity contribution in [2.24, 2.45) is 0 Å². The summed E-state index contributed by atoms with van der Waals surface area (Å²) in [6.45, 7) is 1.83. The van der Waals surface area contributed by atoms with Crippen LogP contribution in [0.4, 0.5) is 0 Å². The summed E-state index contributed by atoms with van der Waals surface area (Å²) in [6, 6.07) is 5.87. The molecule has 0 spiro atoms. The summed E-state index contributed by atoms with van der Waals surface area (Å²) in [7, 11) is -1.02. The van der Waals surface area contributed by atoms with Gasteiger partial charge in [0.2, 0.25) is 0 Å². The fourth-order valence-electron chi connectivity index (χ4n) is 1.75. The van der Waals surface area contributed by atoms with E-state index in [1.54, 1.807) is 22.7 Å². The third-order valence-corrected chi connectivity index (χ3v) is 5.74. The van der Waals surface area contributed by atoms with Crippen LogP contribution in [0.2, 0.25) is 0 Å². The van der Waals surface area contributed by atoms with E-state index >= 15 is 0 Å². The molecule has 3 aromatic heterocycles. The summed E-state index contributed by atoms with van der Waals surface area (Å²) in [6.07, 6.45) is 0. The van der Waals surface area contributed by atoms with Crippen molar-refractivity contribution >= 4 is 33.5 Å². The highest BCUT2D eigenvalue weighted by atomic mass is 32.2. The zero-order valence-electron chi connectivity index (χ0n) is 10.7. The lowest BCUT2D eigenvalue weighted by molar-refractivity contribution is 0.392. The third-order valence-electron chi connectivity index (χ3n) is 2.58. The molecule has 3 heterocycles. The average Bonchev–Trinajstić information content (AvgIpc) is 3.10. The summed E-state index contributed by atoms with van der Waals surface area (Å²) in [5, 5.41) is 8.85. The Hall–Kier alpha value is -1.31. The lowest BCUT2D eigenvalue weighted by Gasteiger charge is -1.96. The number of rotatable bonds is 5. The molecule has 0 aliphatic carbocycles. The zero-order valence-corrected chi connectivity index (χ0v) is 13.2. The van der Waals surface area contributed by atoms with Gasteiger partial charge in [0.05, 0.1) is 27.8 Å². The second kappa shape index (κ2) is 5.99. The highest BCUT2D eigenvalue weighted by Crippen LogP contribution is 2.28. The highest BCUT2D eigenvalue weighted by molar-refractivity contribution is 7.83. The number of hydrogen-bond donors (Lipinski definition) is 0. The molecule has 0 fully saturated rings. The summed E-state index contributed by atoms with van der Waals surface area (Å²) in [5.74, 6) is 1.60. The maximum absolute atomic E-state index is 12.1. The van der Waals surface area contributed by atoms with Crippen molar-refractivity contribution in [1.82, 2.24) is 10.1 Å². The van der Waals surface area contributed by atoms with Crippen LogP contribution >= 0.6 is 22.7 Å². The molecule has 3 rings (SSSR count). The van der Waals surface area contributed by atoms with E-state index in [2.05, 4.69) is 10.1 Å². The molecule has 0 aliphatic rings. The van der Waals surface area contributed by atoms with Crippen molar-refractivity contribution in [2.75, 3.05) is 0 Å². The Morgan fingerprint density at radius 3 is 2.85 bits per heavy atom. The summed E-state index contributed by atoms with van der Waals surface area (Å²) in [4.78, 5) is 5.68. The Kier molecular flexibility index (Phi) is 4.09. The minimum atomic E-state index is -1.02. The zero-order chi connectivity index (χ0) is 13.9. The van der Waals surface area contributed by atoms with E-state index in [0.29, 0.717) is 11.5 Å². The molecular weight excluding hydrogens is 312 g/mol. The van der Waals surface area contributed by atoms with E-state index < -0.39 is 10.8 Å². The van der Waals surface area contributed by atoms with Crippen molar-refractivity contribution in [2.45, 2.75) is 18.4 Å². The van der Waals surface area contributed by atoms with Gasteiger partial charge in [0, 0.05) is 22.2 Å². The fourth-order valence-corrected chi connectivity index (χ4v) is 4.54. The molecule has 0 unspecified atom stereocenters. The first kappa shape index (κ1) is 13.7. The smallest absolute Gasteiger partial charge is 0.133 e. The normalized spacial score (nSPS) is 12.7. The van der Waals surface area contributed by atoms with E-state index in [9.17, 15) is 4.21 Å². The minimum absolute atomic E-state index is 0.406. The lowest BCUT2D eigenvalue weighted by atomic mass is 10.4. The Balaban J connectivity index is 1.64. The molecule has 4 nitrogen and oxygen atoms in total. The van der Waals surface area contributed by atoms with Crippen LogP contribution in [0, 0.1) is 6.92 Å². The minimum Gasteiger partial charge on any atom is -0.361 e. The first-order chi connectivity index (χ1) is 9.70. The average molecular weight is 324 g/mol. The lowest BCUT2D eigenvalue weighted by Crippen LogP contribution is -2.00. The van der Waals surface area contributed by atoms with Gasteiger partial charge < -0.3 is 4.52 Å². The number of nitrogens with zero attached hydrogens (tertiary/aromatic N) is 2. The van der Waals surface area contributed by atoms with Crippen LogP contribution in [0.3, 0.4) is 0 Å². The van der Waals surface area contributed by atoms with Gasteiger partial charge >= 0.3 is 0 Å². The van der Waals surface area contributed by atoms with Crippen molar-refractivity contribution in [3.8, 4) is 9.88 Å². The quantitative estimate of drug-likeness (QED) is 0.719. The van der Waals surface area contributed by atoms with Gasteiger partial charge in [-0.25, -0.2) is 4.98 Å². The molecule has 0 amide bonds. The molecule has 0 bridgehead atoms. The van der Waals surface area contributed by atoms with E-state index in [-0.39, 0.29) is 0 Å². The van der Waals surface area contributed by atoms with Crippen LogP contribution in [0.15, 0.2) is 33.5 Å². The van der Waals surface area contributed by atoms with Crippen molar-refractivity contribution in [1.29, 1.82) is 0 Å². The maximum atomic E-state index is 12.1. The summed E-state index contributed by atoms with van der Waals surface area (Å²) < 4.78 is 17.1. The van der Waals surface area contributed by atoms with Crippen molar-refractivity contribution in [3.05, 3.63) is 46.1 Å². The number of hydrogen-bond acceptors (Lipinski definition) is 6. The van der Waals surface area contributed by atoms with E-state index in [4.69, 9.17) is 4.52 Å². The van der Waals surface area contributed by atoms with E-state index in [0.717, 1.165) is 27.0 Å². The van der Waals surface area contributed by atoms with Crippen LogP contribution in [0.5, 0.6) is 0 Å². The van der Waals surface area contributed by atoms with Crippen LogP contribution < -0.4 is 0 Å². The molecule has 0 N–H and O–H groups in total. The second-order valence-corrected chi connectivity index (χ2v) is 7.54. The number of aromatic nitrogens is 2. The molecule has 1 atom stereocenters. The first-order valence-corrected chi connectivity index (χ1v) is 9.21. The molecular formula is C13H12N2O2S3. The Labute approximate surface area is 126 Å². The Morgan fingerprint density at radius 1 is 1.30 bits per heavy atom. The number of thiophene rings is 1. The van der Waals surface area contributed by atoms with Crippen molar-refractivity contribution < 1.29 is 8.73 Å².